The zero-order valence-electron chi connectivity index (χ0n) is 22.2. The van der Waals surface area contributed by atoms with Gasteiger partial charge in [0, 0.05) is 45.5 Å². The number of hydrogen-bond acceptors (Lipinski definition) is 8. The van der Waals surface area contributed by atoms with Crippen LogP contribution in [0.5, 0.6) is 5.75 Å². The van der Waals surface area contributed by atoms with E-state index in [2.05, 4.69) is 32.1 Å². The van der Waals surface area contributed by atoms with Gasteiger partial charge in [0.05, 0.1) is 35.2 Å². The van der Waals surface area contributed by atoms with Gasteiger partial charge in [0.1, 0.15) is 11.6 Å². The van der Waals surface area contributed by atoms with Gasteiger partial charge in [-0.1, -0.05) is 18.7 Å². The summed E-state index contributed by atoms with van der Waals surface area (Å²) in [5.41, 5.74) is 3.21. The Morgan fingerprint density at radius 2 is 1.84 bits per heavy atom. The highest BCUT2D eigenvalue weighted by molar-refractivity contribution is 6.02. The molecule has 0 saturated heterocycles. The lowest BCUT2D eigenvalue weighted by Crippen LogP contribution is -2.29. The fourth-order valence-corrected chi connectivity index (χ4v) is 4.07. The predicted octanol–water partition coefficient (Wildman–Crippen LogP) is 2.99. The molecule has 198 valence electrons. The molecule has 11 heteroatoms. The molecule has 0 saturated carbocycles. The summed E-state index contributed by atoms with van der Waals surface area (Å²) in [4.78, 5) is 38.3. The summed E-state index contributed by atoms with van der Waals surface area (Å²) >= 11 is 0. The monoisotopic (exact) mass is 516 g/mol. The van der Waals surface area contributed by atoms with Crippen LogP contribution in [0.3, 0.4) is 0 Å². The molecule has 0 aliphatic rings. The molecule has 0 aliphatic heterocycles. The summed E-state index contributed by atoms with van der Waals surface area (Å²) in [7, 11) is 9.25. The third-order valence-corrected chi connectivity index (χ3v) is 6.13. The average Bonchev–Trinajstić information content (AvgIpc) is 3.17. The molecule has 0 fully saturated rings. The van der Waals surface area contributed by atoms with Crippen LogP contribution in [0.15, 0.2) is 66.1 Å². The first-order valence-electron chi connectivity index (χ1n) is 12.0. The summed E-state index contributed by atoms with van der Waals surface area (Å²) in [6.45, 7) is 5.11. The molecule has 38 heavy (non-hydrogen) atoms. The van der Waals surface area contributed by atoms with Crippen molar-refractivity contribution in [2.24, 2.45) is 7.05 Å². The summed E-state index contributed by atoms with van der Waals surface area (Å²) < 4.78 is 8.79. The van der Waals surface area contributed by atoms with Gasteiger partial charge in [-0.05, 0) is 38.4 Å². The van der Waals surface area contributed by atoms with E-state index >= 15 is 0 Å². The quantitative estimate of drug-likeness (QED) is 0.310. The van der Waals surface area contributed by atoms with Crippen LogP contribution in [0.4, 0.5) is 23.0 Å². The fourth-order valence-electron chi connectivity index (χ4n) is 4.07. The Hall–Kier alpha value is -4.64. The number of para-hydroxylation sites is 2. The number of hydrogen-bond donors (Lipinski definition) is 2. The van der Waals surface area contributed by atoms with E-state index in [-0.39, 0.29) is 17.5 Å². The number of carbonyl (C=O) groups is 1. The molecule has 0 atom stereocenters. The smallest absolute Gasteiger partial charge is 0.334 e. The molecule has 0 bridgehead atoms. The zero-order valence-corrected chi connectivity index (χ0v) is 22.2. The average molecular weight is 517 g/mol. The number of aromatic nitrogens is 4. The Morgan fingerprint density at radius 3 is 2.53 bits per heavy atom. The molecule has 4 aromatic rings. The van der Waals surface area contributed by atoms with Gasteiger partial charge < -0.3 is 25.2 Å². The van der Waals surface area contributed by atoms with Crippen molar-refractivity contribution in [3.63, 3.8) is 0 Å². The molecule has 0 unspecified atom stereocenters. The van der Waals surface area contributed by atoms with Gasteiger partial charge in [-0.15, -0.1) is 0 Å². The maximum absolute atomic E-state index is 13.0. The number of methoxy groups -OCH3 is 1. The van der Waals surface area contributed by atoms with Crippen LogP contribution in [-0.2, 0) is 11.8 Å². The topological polar surface area (TPSA) is 110 Å². The molecule has 0 aliphatic carbocycles. The lowest BCUT2D eigenvalue weighted by Gasteiger charge is -2.26. The Morgan fingerprint density at radius 1 is 1.11 bits per heavy atom. The molecule has 2 N–H and O–H groups in total. The lowest BCUT2D eigenvalue weighted by atomic mass is 10.2. The highest BCUT2D eigenvalue weighted by atomic mass is 16.5. The zero-order chi connectivity index (χ0) is 27.4. The van der Waals surface area contributed by atoms with Gasteiger partial charge in [-0.3, -0.25) is 9.36 Å². The van der Waals surface area contributed by atoms with Crippen LogP contribution in [0.25, 0.3) is 16.9 Å². The van der Waals surface area contributed by atoms with Crippen molar-refractivity contribution in [3.8, 4) is 11.6 Å². The van der Waals surface area contributed by atoms with Crippen molar-refractivity contribution in [3.05, 3.63) is 71.8 Å². The number of benzene rings is 2. The van der Waals surface area contributed by atoms with Gasteiger partial charge in [0.25, 0.3) is 0 Å². The van der Waals surface area contributed by atoms with Gasteiger partial charge in [0.15, 0.2) is 0 Å². The Balaban J connectivity index is 1.74. The van der Waals surface area contributed by atoms with E-state index in [1.54, 1.807) is 37.1 Å². The van der Waals surface area contributed by atoms with Gasteiger partial charge in [0.2, 0.25) is 11.9 Å². The maximum atomic E-state index is 13.0. The summed E-state index contributed by atoms with van der Waals surface area (Å²) in [6, 6.07) is 12.8. The van der Waals surface area contributed by atoms with E-state index in [9.17, 15) is 9.59 Å². The molecule has 4 rings (SSSR count). The first-order chi connectivity index (χ1) is 18.2. The lowest BCUT2D eigenvalue weighted by molar-refractivity contribution is -0.111. The number of aryl methyl sites for hydroxylation is 1. The third kappa shape index (κ3) is 5.37. The van der Waals surface area contributed by atoms with E-state index in [1.165, 1.54) is 10.6 Å². The maximum Gasteiger partial charge on any atom is 0.334 e. The fraction of sp³-hybridized carbons (Fsp3) is 0.259. The number of nitrogens with zero attached hydrogens (tertiary/aromatic N) is 6. The molecule has 2 aromatic heterocycles. The summed E-state index contributed by atoms with van der Waals surface area (Å²) in [6.07, 6.45) is 2.80. The van der Waals surface area contributed by atoms with Crippen LogP contribution in [0.1, 0.15) is 0 Å². The van der Waals surface area contributed by atoms with Crippen molar-refractivity contribution < 1.29 is 9.53 Å². The number of carbonyl (C=O) groups excluding carboxylic acids is 1. The molecular weight excluding hydrogens is 484 g/mol. The van der Waals surface area contributed by atoms with E-state index in [0.29, 0.717) is 22.9 Å². The first kappa shape index (κ1) is 26.4. The van der Waals surface area contributed by atoms with Gasteiger partial charge >= 0.3 is 5.69 Å². The number of ether oxygens (including phenoxy) is 1. The van der Waals surface area contributed by atoms with Crippen LogP contribution < -0.4 is 26.0 Å². The second-order valence-corrected chi connectivity index (χ2v) is 9.02. The Labute approximate surface area is 221 Å². The molecule has 2 heterocycles. The van der Waals surface area contributed by atoms with Crippen molar-refractivity contribution in [1.82, 2.24) is 24.0 Å². The third-order valence-electron chi connectivity index (χ3n) is 6.13. The highest BCUT2D eigenvalue weighted by Gasteiger charge is 2.18. The van der Waals surface area contributed by atoms with Crippen molar-refractivity contribution >= 4 is 40.0 Å². The van der Waals surface area contributed by atoms with E-state index in [4.69, 9.17) is 4.74 Å². The van der Waals surface area contributed by atoms with E-state index in [0.717, 1.165) is 29.8 Å². The van der Waals surface area contributed by atoms with Crippen molar-refractivity contribution in [1.29, 1.82) is 0 Å². The number of nitrogens with one attached hydrogen (secondary N) is 2. The van der Waals surface area contributed by atoms with Crippen LogP contribution in [-0.4, -0.2) is 71.3 Å². The minimum absolute atomic E-state index is 0.215. The van der Waals surface area contributed by atoms with Gasteiger partial charge in [-0.25, -0.2) is 14.3 Å². The molecule has 0 radical (unpaired) electrons. The molecule has 1 amide bonds. The summed E-state index contributed by atoms with van der Waals surface area (Å²) in [5.74, 6) is 0.875. The SMILES string of the molecule is C=CC(=O)Nc1cc(Nc2nccc(-n3c(=O)n(C)c4ccccc43)n2)c(OC)cc1N(C)CCN(C)C. The van der Waals surface area contributed by atoms with E-state index in [1.807, 2.05) is 56.4 Å². The predicted molar refractivity (Wildman–Crippen MR) is 151 cm³/mol. The Kier molecular flexibility index (Phi) is 7.77. The Bertz CT molecular complexity index is 1540. The molecular formula is C27H32N8O3. The highest BCUT2D eigenvalue weighted by Crippen LogP contribution is 2.38. The second-order valence-electron chi connectivity index (χ2n) is 9.02. The standard InChI is InChI=1S/C27H32N8O3/c1-7-25(36)29-18-16-19(23(38-6)17-22(18)33(4)15-14-32(2)3)30-26-28-13-12-24(31-26)35-21-11-9-8-10-20(21)34(5)27(35)37/h7-13,16-17H,1,14-15H2,2-6H3,(H,29,36)(H,28,30,31). The number of fused-ring (bicyclic) bond motifs is 1. The number of amides is 1. The molecule has 2 aromatic carbocycles. The first-order valence-corrected chi connectivity index (χ1v) is 12.0. The number of anilines is 4. The van der Waals surface area contributed by atoms with E-state index < -0.39 is 0 Å². The minimum Gasteiger partial charge on any atom is -0.494 e. The van der Waals surface area contributed by atoms with Crippen molar-refractivity contribution in [2.45, 2.75) is 0 Å². The second kappa shape index (κ2) is 11.2. The summed E-state index contributed by atoms with van der Waals surface area (Å²) in [5, 5.41) is 6.06. The minimum atomic E-state index is -0.336. The van der Waals surface area contributed by atoms with Crippen LogP contribution in [0.2, 0.25) is 0 Å². The van der Waals surface area contributed by atoms with Crippen molar-refractivity contribution in [2.75, 3.05) is 56.9 Å². The molecule has 0 spiro atoms. The van der Waals surface area contributed by atoms with Gasteiger partial charge in [-0.2, -0.15) is 4.98 Å². The van der Waals surface area contributed by atoms with Crippen LogP contribution >= 0.6 is 0 Å². The number of likely N-dealkylation sites (N-methyl/N-ethyl adjacent to an activating group) is 2. The normalized spacial score (nSPS) is 11.0. The largest absolute Gasteiger partial charge is 0.494 e. The molecule has 11 nitrogen and oxygen atoms in total. The van der Waals surface area contributed by atoms with Crippen LogP contribution in [0, 0.1) is 0 Å². The number of rotatable bonds is 10. The number of imidazole rings is 1.